The Bertz CT molecular complexity index is 592. The van der Waals surface area contributed by atoms with Crippen LogP contribution in [0.5, 0.6) is 0 Å². The fourth-order valence-corrected chi connectivity index (χ4v) is 3.28. The number of nitrogens with zero attached hydrogens (tertiary/aromatic N) is 2. The molecule has 0 aliphatic carbocycles. The van der Waals surface area contributed by atoms with Crippen molar-refractivity contribution in [3.05, 3.63) is 46.5 Å². The van der Waals surface area contributed by atoms with Gasteiger partial charge in [0.05, 0.1) is 12.8 Å². The van der Waals surface area contributed by atoms with Crippen molar-refractivity contribution in [3.8, 4) is 0 Å². The fourth-order valence-electron chi connectivity index (χ4n) is 2.64. The summed E-state index contributed by atoms with van der Waals surface area (Å²) in [6.07, 6.45) is 0.943. The number of urea groups is 1. The monoisotopic (exact) mass is 335 g/mol. The minimum atomic E-state index is -0.621. The number of β-amino-alcohol motifs (C(OH)–C–C–N with tert-alkyl or cyclic N) is 1. The highest BCUT2D eigenvalue weighted by Gasteiger charge is 2.23. The number of hydrogen-bond donors (Lipinski definition) is 2. The molecule has 0 radical (unpaired) electrons. The molecule has 124 valence electrons. The van der Waals surface area contributed by atoms with Crippen LogP contribution in [0.4, 0.5) is 4.79 Å². The van der Waals surface area contributed by atoms with Gasteiger partial charge < -0.3 is 19.7 Å². The highest BCUT2D eigenvalue weighted by molar-refractivity contribution is 7.09. The number of furan rings is 1. The molecule has 3 rings (SSSR count). The summed E-state index contributed by atoms with van der Waals surface area (Å²) in [6, 6.07) is 7.52. The summed E-state index contributed by atoms with van der Waals surface area (Å²) in [5.74, 6) is 0.584. The highest BCUT2D eigenvalue weighted by Crippen LogP contribution is 2.15. The first-order valence-corrected chi connectivity index (χ1v) is 8.59. The van der Waals surface area contributed by atoms with Gasteiger partial charge in [-0.05, 0) is 23.6 Å². The van der Waals surface area contributed by atoms with Gasteiger partial charge in [-0.3, -0.25) is 4.90 Å². The lowest BCUT2D eigenvalue weighted by atomic mass is 10.2. The maximum Gasteiger partial charge on any atom is 0.317 e. The number of thiophene rings is 1. The zero-order valence-electron chi connectivity index (χ0n) is 12.9. The second-order valence-electron chi connectivity index (χ2n) is 5.56. The van der Waals surface area contributed by atoms with Gasteiger partial charge in [-0.15, -0.1) is 11.3 Å². The molecule has 0 aromatic carbocycles. The molecule has 0 bridgehead atoms. The van der Waals surface area contributed by atoms with E-state index in [0.717, 1.165) is 18.0 Å². The molecule has 2 amide bonds. The van der Waals surface area contributed by atoms with Gasteiger partial charge in [0.25, 0.3) is 0 Å². The van der Waals surface area contributed by atoms with Gasteiger partial charge in [0.1, 0.15) is 11.9 Å². The SMILES string of the molecule is O=C(NCc1cccs1)N1CCN(C[C@@H](O)c2ccco2)CC1. The molecule has 1 aliphatic rings. The van der Waals surface area contributed by atoms with Gasteiger partial charge >= 0.3 is 6.03 Å². The smallest absolute Gasteiger partial charge is 0.317 e. The first-order valence-electron chi connectivity index (χ1n) is 7.71. The number of nitrogens with one attached hydrogen (secondary N) is 1. The molecule has 2 aromatic rings. The number of amides is 2. The van der Waals surface area contributed by atoms with Crippen LogP contribution >= 0.6 is 11.3 Å². The summed E-state index contributed by atoms with van der Waals surface area (Å²) in [5.41, 5.74) is 0. The molecule has 1 aliphatic heterocycles. The lowest BCUT2D eigenvalue weighted by Gasteiger charge is -2.35. The summed E-state index contributed by atoms with van der Waals surface area (Å²) in [5, 5.41) is 15.1. The first-order chi connectivity index (χ1) is 11.2. The van der Waals surface area contributed by atoms with E-state index in [-0.39, 0.29) is 6.03 Å². The number of aliphatic hydroxyl groups excluding tert-OH is 1. The van der Waals surface area contributed by atoms with Crippen molar-refractivity contribution >= 4 is 17.4 Å². The van der Waals surface area contributed by atoms with E-state index in [1.165, 1.54) is 0 Å². The van der Waals surface area contributed by atoms with Crippen molar-refractivity contribution < 1.29 is 14.3 Å². The van der Waals surface area contributed by atoms with Gasteiger partial charge in [-0.2, -0.15) is 0 Å². The second kappa shape index (κ2) is 7.63. The van der Waals surface area contributed by atoms with Crippen molar-refractivity contribution in [1.82, 2.24) is 15.1 Å². The van der Waals surface area contributed by atoms with Gasteiger partial charge in [-0.25, -0.2) is 4.79 Å². The minimum Gasteiger partial charge on any atom is -0.467 e. The summed E-state index contributed by atoms with van der Waals surface area (Å²) in [4.78, 5) is 17.3. The molecule has 23 heavy (non-hydrogen) atoms. The van der Waals surface area contributed by atoms with Crippen molar-refractivity contribution in [2.45, 2.75) is 12.6 Å². The zero-order valence-corrected chi connectivity index (χ0v) is 13.7. The maximum atomic E-state index is 12.1. The zero-order chi connectivity index (χ0) is 16.1. The quantitative estimate of drug-likeness (QED) is 0.876. The summed E-state index contributed by atoms with van der Waals surface area (Å²) >= 11 is 1.64. The first kappa shape index (κ1) is 16.0. The number of piperazine rings is 1. The van der Waals surface area contributed by atoms with Crippen LogP contribution in [0.25, 0.3) is 0 Å². The van der Waals surface area contributed by atoms with E-state index in [1.807, 2.05) is 22.4 Å². The Morgan fingerprint density at radius 1 is 1.30 bits per heavy atom. The Labute approximate surface area is 139 Å². The third kappa shape index (κ3) is 4.34. The van der Waals surface area contributed by atoms with Crippen LogP contribution < -0.4 is 5.32 Å². The Hall–Kier alpha value is -1.83. The average molecular weight is 335 g/mol. The van der Waals surface area contributed by atoms with Crippen LogP contribution in [0.2, 0.25) is 0 Å². The molecule has 2 N–H and O–H groups in total. The van der Waals surface area contributed by atoms with Crippen molar-refractivity contribution in [2.24, 2.45) is 0 Å². The Morgan fingerprint density at radius 3 is 2.78 bits per heavy atom. The van der Waals surface area contributed by atoms with Crippen LogP contribution in [-0.4, -0.2) is 53.7 Å². The van der Waals surface area contributed by atoms with Gasteiger partial charge in [0.2, 0.25) is 0 Å². The van der Waals surface area contributed by atoms with Crippen LogP contribution in [0.3, 0.4) is 0 Å². The van der Waals surface area contributed by atoms with Crippen LogP contribution in [0.15, 0.2) is 40.3 Å². The largest absolute Gasteiger partial charge is 0.467 e. The summed E-state index contributed by atoms with van der Waals surface area (Å²) < 4.78 is 5.21. The van der Waals surface area contributed by atoms with E-state index in [4.69, 9.17) is 4.42 Å². The minimum absolute atomic E-state index is 0.0235. The molecule has 0 saturated carbocycles. The molecule has 2 aromatic heterocycles. The molecule has 0 unspecified atom stereocenters. The van der Waals surface area contributed by atoms with E-state index >= 15 is 0 Å². The second-order valence-corrected chi connectivity index (χ2v) is 6.59. The number of hydrogen-bond acceptors (Lipinski definition) is 5. The molecule has 1 fully saturated rings. The molecule has 3 heterocycles. The maximum absolute atomic E-state index is 12.1. The number of carbonyl (C=O) groups excluding carboxylic acids is 1. The Balaban J connectivity index is 1.40. The highest BCUT2D eigenvalue weighted by atomic mass is 32.1. The lowest BCUT2D eigenvalue weighted by Crippen LogP contribution is -2.52. The van der Waals surface area contributed by atoms with Crippen LogP contribution in [0.1, 0.15) is 16.7 Å². The standard InChI is InChI=1S/C16H21N3O3S/c20-14(15-4-1-9-22-15)12-18-5-7-19(8-6-18)16(21)17-11-13-3-2-10-23-13/h1-4,9-10,14,20H,5-8,11-12H2,(H,17,21)/t14-/m1/s1. The van der Waals surface area contributed by atoms with Crippen molar-refractivity contribution in [2.75, 3.05) is 32.7 Å². The molecule has 6 nitrogen and oxygen atoms in total. The predicted octanol–water partition coefficient (Wildman–Crippen LogP) is 1.90. The number of rotatable bonds is 5. The fraction of sp³-hybridized carbons (Fsp3) is 0.438. The Morgan fingerprint density at radius 2 is 2.13 bits per heavy atom. The van der Waals surface area contributed by atoms with E-state index < -0.39 is 6.10 Å². The van der Waals surface area contributed by atoms with Crippen molar-refractivity contribution in [3.63, 3.8) is 0 Å². The van der Waals surface area contributed by atoms with Gasteiger partial charge in [0, 0.05) is 37.6 Å². The molecule has 1 atom stereocenters. The molecular weight excluding hydrogens is 314 g/mol. The topological polar surface area (TPSA) is 69.0 Å². The number of aliphatic hydroxyl groups is 1. The van der Waals surface area contributed by atoms with Gasteiger partial charge in [-0.1, -0.05) is 6.07 Å². The molecule has 7 heteroatoms. The lowest BCUT2D eigenvalue weighted by molar-refractivity contribution is 0.0691. The summed E-state index contributed by atoms with van der Waals surface area (Å²) in [7, 11) is 0. The molecule has 1 saturated heterocycles. The van der Waals surface area contributed by atoms with E-state index in [1.54, 1.807) is 29.7 Å². The van der Waals surface area contributed by atoms with E-state index in [9.17, 15) is 9.90 Å². The average Bonchev–Trinajstić information content (AvgIpc) is 3.26. The van der Waals surface area contributed by atoms with Crippen LogP contribution in [0, 0.1) is 0 Å². The third-order valence-electron chi connectivity index (χ3n) is 3.96. The van der Waals surface area contributed by atoms with Crippen LogP contribution in [-0.2, 0) is 6.54 Å². The number of carbonyl (C=O) groups is 1. The van der Waals surface area contributed by atoms with E-state index in [2.05, 4.69) is 10.2 Å². The third-order valence-corrected chi connectivity index (χ3v) is 4.83. The molecular formula is C16H21N3O3S. The van der Waals surface area contributed by atoms with E-state index in [0.29, 0.717) is 31.9 Å². The Kier molecular flexibility index (Phi) is 5.32. The van der Waals surface area contributed by atoms with Gasteiger partial charge in [0.15, 0.2) is 0 Å². The predicted molar refractivity (Wildman–Crippen MR) is 88.2 cm³/mol. The normalized spacial score (nSPS) is 17.2. The molecule has 0 spiro atoms. The summed E-state index contributed by atoms with van der Waals surface area (Å²) in [6.45, 7) is 3.95. The van der Waals surface area contributed by atoms with Crippen molar-refractivity contribution in [1.29, 1.82) is 0 Å².